The Morgan fingerprint density at radius 3 is 2.68 bits per heavy atom. The maximum atomic E-state index is 3.83. The third-order valence-electron chi connectivity index (χ3n) is 5.30. The normalized spacial score (nSPS) is 32.5. The summed E-state index contributed by atoms with van der Waals surface area (Å²) in [5, 5.41) is 3.83. The van der Waals surface area contributed by atoms with Crippen molar-refractivity contribution in [2.75, 3.05) is 0 Å². The zero-order chi connectivity index (χ0) is 13.4. The van der Waals surface area contributed by atoms with E-state index >= 15 is 0 Å². The van der Waals surface area contributed by atoms with Crippen molar-refractivity contribution in [3.05, 3.63) is 34.3 Å². The van der Waals surface area contributed by atoms with Crippen molar-refractivity contribution in [1.82, 2.24) is 5.32 Å². The Morgan fingerprint density at radius 1 is 1.21 bits per heavy atom. The first kappa shape index (κ1) is 13.6. The summed E-state index contributed by atoms with van der Waals surface area (Å²) in [6.45, 7) is 4.67. The van der Waals surface area contributed by atoms with Gasteiger partial charge in [-0.25, -0.2) is 0 Å². The fourth-order valence-corrected chi connectivity index (χ4v) is 4.71. The first-order valence-electron chi connectivity index (χ1n) is 7.65. The Kier molecular flexibility index (Phi) is 4.00. The summed E-state index contributed by atoms with van der Waals surface area (Å²) in [5.74, 6) is 2.95. The number of fused-ring (bicyclic) bond motifs is 2. The molecule has 2 bridgehead atoms. The fourth-order valence-electron chi connectivity index (χ4n) is 4.30. The van der Waals surface area contributed by atoms with E-state index in [1.807, 2.05) is 0 Å². The van der Waals surface area contributed by atoms with Gasteiger partial charge in [0.2, 0.25) is 0 Å². The zero-order valence-electron chi connectivity index (χ0n) is 11.9. The van der Waals surface area contributed by atoms with Crippen molar-refractivity contribution < 1.29 is 0 Å². The number of halogens is 1. The summed E-state index contributed by atoms with van der Waals surface area (Å²) in [5.41, 5.74) is 1.38. The number of benzene rings is 1. The molecule has 0 aromatic heterocycles. The summed E-state index contributed by atoms with van der Waals surface area (Å²) >= 11 is 3.56. The lowest BCUT2D eigenvalue weighted by Crippen LogP contribution is -2.37. The summed E-state index contributed by atoms with van der Waals surface area (Å²) in [6, 6.07) is 9.74. The van der Waals surface area contributed by atoms with Crippen molar-refractivity contribution >= 4 is 15.9 Å². The monoisotopic (exact) mass is 321 g/mol. The largest absolute Gasteiger partial charge is 0.307 e. The highest BCUT2D eigenvalue weighted by atomic mass is 79.9. The summed E-state index contributed by atoms with van der Waals surface area (Å²) in [7, 11) is 0. The Labute approximate surface area is 125 Å². The minimum atomic E-state index is 0.437. The molecule has 2 heteroatoms. The first-order valence-corrected chi connectivity index (χ1v) is 8.44. The zero-order valence-corrected chi connectivity index (χ0v) is 13.5. The van der Waals surface area contributed by atoms with Crippen LogP contribution in [-0.2, 0) is 0 Å². The van der Waals surface area contributed by atoms with E-state index in [4.69, 9.17) is 0 Å². The van der Waals surface area contributed by atoms with Gasteiger partial charge in [-0.05, 0) is 68.6 Å². The van der Waals surface area contributed by atoms with Gasteiger partial charge < -0.3 is 5.32 Å². The van der Waals surface area contributed by atoms with Gasteiger partial charge in [-0.2, -0.15) is 0 Å². The third kappa shape index (κ3) is 2.90. The van der Waals surface area contributed by atoms with E-state index in [2.05, 4.69) is 59.4 Å². The molecule has 0 heterocycles. The van der Waals surface area contributed by atoms with Gasteiger partial charge in [0.05, 0.1) is 0 Å². The Balaban J connectivity index is 1.61. The van der Waals surface area contributed by atoms with Gasteiger partial charge in [-0.1, -0.05) is 34.5 Å². The van der Waals surface area contributed by atoms with Crippen LogP contribution in [0.1, 0.15) is 51.1 Å². The van der Waals surface area contributed by atoms with Crippen molar-refractivity contribution in [3.8, 4) is 0 Å². The minimum absolute atomic E-state index is 0.437. The van der Waals surface area contributed by atoms with Crippen molar-refractivity contribution in [2.45, 2.75) is 51.6 Å². The van der Waals surface area contributed by atoms with E-state index in [1.54, 1.807) is 0 Å². The lowest BCUT2D eigenvalue weighted by atomic mass is 9.83. The van der Waals surface area contributed by atoms with Gasteiger partial charge in [0, 0.05) is 16.6 Å². The molecule has 1 N–H and O–H groups in total. The molecule has 0 spiro atoms. The van der Waals surface area contributed by atoms with Crippen LogP contribution in [0.3, 0.4) is 0 Å². The van der Waals surface area contributed by atoms with Crippen LogP contribution in [0.5, 0.6) is 0 Å². The van der Waals surface area contributed by atoms with Gasteiger partial charge in [-0.3, -0.25) is 0 Å². The Morgan fingerprint density at radius 2 is 2.05 bits per heavy atom. The molecule has 19 heavy (non-hydrogen) atoms. The van der Waals surface area contributed by atoms with Crippen LogP contribution >= 0.6 is 15.9 Å². The van der Waals surface area contributed by atoms with E-state index in [0.717, 1.165) is 17.8 Å². The van der Waals surface area contributed by atoms with Crippen LogP contribution in [-0.4, -0.2) is 6.04 Å². The van der Waals surface area contributed by atoms with Crippen LogP contribution in [0, 0.1) is 17.8 Å². The highest BCUT2D eigenvalue weighted by Crippen LogP contribution is 2.49. The predicted molar refractivity (Wildman–Crippen MR) is 84.1 cm³/mol. The predicted octanol–water partition coefficient (Wildman–Crippen LogP) is 4.92. The van der Waals surface area contributed by atoms with Crippen LogP contribution in [0.4, 0.5) is 0 Å². The highest BCUT2D eigenvalue weighted by molar-refractivity contribution is 9.10. The summed E-state index contributed by atoms with van der Waals surface area (Å²) < 4.78 is 1.17. The molecule has 3 rings (SSSR count). The molecule has 5 unspecified atom stereocenters. The van der Waals surface area contributed by atoms with Crippen LogP contribution < -0.4 is 5.32 Å². The topological polar surface area (TPSA) is 12.0 Å². The number of rotatable bonds is 4. The number of hydrogen-bond acceptors (Lipinski definition) is 1. The molecule has 104 valence electrons. The standard InChI is InChI=1S/C17H24BrN/c1-11(14-4-3-5-16(18)10-14)19-12(2)17-9-13-6-7-15(17)8-13/h3-5,10-13,15,17,19H,6-9H2,1-2H3. The van der Waals surface area contributed by atoms with E-state index in [1.165, 1.54) is 35.7 Å². The molecular weight excluding hydrogens is 298 g/mol. The Bertz CT molecular complexity index is 445. The van der Waals surface area contributed by atoms with Gasteiger partial charge in [-0.15, -0.1) is 0 Å². The number of hydrogen-bond donors (Lipinski definition) is 1. The smallest absolute Gasteiger partial charge is 0.0294 e. The minimum Gasteiger partial charge on any atom is -0.307 e. The second kappa shape index (κ2) is 5.57. The average molecular weight is 322 g/mol. The van der Waals surface area contributed by atoms with E-state index in [0.29, 0.717) is 12.1 Å². The molecule has 2 fully saturated rings. The molecule has 2 saturated carbocycles. The van der Waals surface area contributed by atoms with Crippen LogP contribution in [0.2, 0.25) is 0 Å². The van der Waals surface area contributed by atoms with Gasteiger partial charge in [0.1, 0.15) is 0 Å². The van der Waals surface area contributed by atoms with Crippen LogP contribution in [0.15, 0.2) is 28.7 Å². The van der Waals surface area contributed by atoms with E-state index < -0.39 is 0 Å². The molecule has 2 aliphatic rings. The molecule has 1 aromatic carbocycles. The first-order chi connectivity index (χ1) is 9.13. The van der Waals surface area contributed by atoms with Crippen molar-refractivity contribution in [2.24, 2.45) is 17.8 Å². The summed E-state index contributed by atoms with van der Waals surface area (Å²) in [4.78, 5) is 0. The molecule has 0 aliphatic heterocycles. The summed E-state index contributed by atoms with van der Waals surface area (Å²) in [6.07, 6.45) is 5.94. The Hall–Kier alpha value is -0.340. The molecule has 1 aromatic rings. The molecule has 0 radical (unpaired) electrons. The lowest BCUT2D eigenvalue weighted by molar-refractivity contribution is 0.248. The lowest BCUT2D eigenvalue weighted by Gasteiger charge is -2.31. The second-order valence-electron chi connectivity index (χ2n) is 6.57. The van der Waals surface area contributed by atoms with Gasteiger partial charge >= 0.3 is 0 Å². The van der Waals surface area contributed by atoms with Crippen LogP contribution in [0.25, 0.3) is 0 Å². The second-order valence-corrected chi connectivity index (χ2v) is 7.49. The quantitative estimate of drug-likeness (QED) is 0.829. The maximum absolute atomic E-state index is 3.83. The molecule has 1 nitrogen and oxygen atoms in total. The van der Waals surface area contributed by atoms with E-state index in [9.17, 15) is 0 Å². The average Bonchev–Trinajstić information content (AvgIpc) is 3.00. The fraction of sp³-hybridized carbons (Fsp3) is 0.647. The molecule has 0 amide bonds. The molecule has 0 saturated heterocycles. The number of nitrogens with one attached hydrogen (secondary N) is 1. The van der Waals surface area contributed by atoms with Crippen molar-refractivity contribution in [3.63, 3.8) is 0 Å². The van der Waals surface area contributed by atoms with Gasteiger partial charge in [0.15, 0.2) is 0 Å². The van der Waals surface area contributed by atoms with Crippen molar-refractivity contribution in [1.29, 1.82) is 0 Å². The molecule has 2 aliphatic carbocycles. The van der Waals surface area contributed by atoms with E-state index in [-0.39, 0.29) is 0 Å². The molecule has 5 atom stereocenters. The third-order valence-corrected chi connectivity index (χ3v) is 5.79. The maximum Gasteiger partial charge on any atom is 0.0294 e. The highest BCUT2D eigenvalue weighted by Gasteiger charge is 2.41. The molecular formula is C17H24BrN. The van der Waals surface area contributed by atoms with Gasteiger partial charge in [0.25, 0.3) is 0 Å². The SMILES string of the molecule is CC(NC(C)C1CC2CCC1C2)c1cccc(Br)c1.